The Labute approximate surface area is 192 Å². The summed E-state index contributed by atoms with van der Waals surface area (Å²) in [5.41, 5.74) is 0.798. The molecule has 7 nitrogen and oxygen atoms in total. The first kappa shape index (κ1) is 26.6. The second-order valence-electron chi connectivity index (χ2n) is 6.47. The Balaban J connectivity index is 0.00000450. The second kappa shape index (κ2) is 13.8. The quantitative estimate of drug-likeness (QED) is 0.282. The van der Waals surface area contributed by atoms with Crippen molar-refractivity contribution in [1.29, 1.82) is 0 Å². The van der Waals surface area contributed by atoms with Gasteiger partial charge in [-0.1, -0.05) is 6.07 Å². The van der Waals surface area contributed by atoms with Crippen LogP contribution in [0.3, 0.4) is 0 Å². The van der Waals surface area contributed by atoms with E-state index in [4.69, 9.17) is 14.2 Å². The highest BCUT2D eigenvalue weighted by Crippen LogP contribution is 2.30. The van der Waals surface area contributed by atoms with E-state index in [-0.39, 0.29) is 35.5 Å². The number of nitrogens with one attached hydrogen (secondary N) is 2. The third-order valence-corrected chi connectivity index (χ3v) is 4.21. The lowest BCUT2D eigenvalue weighted by Gasteiger charge is -2.26. The zero-order chi connectivity index (χ0) is 21.1. The molecule has 0 amide bonds. The van der Waals surface area contributed by atoms with Gasteiger partial charge < -0.3 is 24.8 Å². The normalized spacial score (nSPS) is 15.3. The number of rotatable bonds is 9. The standard InChI is InChI=1S/C19H29F3N4O3.HI/c1-3-23-18(24-6-7-26-8-10-28-11-9-26)25-13-15-4-5-16(17(12-15)27-2)29-14-19(20,21)22;/h4-5,12H,3,6-11,13-14H2,1-2H3,(H2,23,24,25);1H. The number of halogens is 4. The van der Waals surface area contributed by atoms with Gasteiger partial charge in [-0.05, 0) is 24.6 Å². The van der Waals surface area contributed by atoms with Crippen molar-refractivity contribution in [2.24, 2.45) is 4.99 Å². The van der Waals surface area contributed by atoms with Crippen LogP contribution in [0.4, 0.5) is 13.2 Å². The van der Waals surface area contributed by atoms with E-state index in [1.807, 2.05) is 6.92 Å². The van der Waals surface area contributed by atoms with Gasteiger partial charge in [0.25, 0.3) is 0 Å². The summed E-state index contributed by atoms with van der Waals surface area (Å²) in [7, 11) is 1.39. The summed E-state index contributed by atoms with van der Waals surface area (Å²) in [6.45, 7) is 6.71. The third kappa shape index (κ3) is 10.0. The minimum absolute atomic E-state index is 0. The molecule has 1 aliphatic heterocycles. The first-order valence-electron chi connectivity index (χ1n) is 9.60. The van der Waals surface area contributed by atoms with Crippen molar-refractivity contribution in [2.75, 3.05) is 59.7 Å². The van der Waals surface area contributed by atoms with Crippen molar-refractivity contribution in [3.05, 3.63) is 23.8 Å². The molecule has 1 aliphatic rings. The van der Waals surface area contributed by atoms with E-state index in [2.05, 4.69) is 20.5 Å². The largest absolute Gasteiger partial charge is 0.493 e. The van der Waals surface area contributed by atoms with Crippen LogP contribution in [0.2, 0.25) is 0 Å². The van der Waals surface area contributed by atoms with Gasteiger partial charge in [0, 0.05) is 32.7 Å². The second-order valence-corrected chi connectivity index (χ2v) is 6.47. The molecule has 0 aromatic heterocycles. The van der Waals surface area contributed by atoms with Crippen LogP contribution in [-0.2, 0) is 11.3 Å². The van der Waals surface area contributed by atoms with E-state index < -0.39 is 12.8 Å². The number of methoxy groups -OCH3 is 1. The highest BCUT2D eigenvalue weighted by molar-refractivity contribution is 14.0. The maximum absolute atomic E-state index is 12.4. The van der Waals surface area contributed by atoms with Crippen LogP contribution >= 0.6 is 24.0 Å². The third-order valence-electron chi connectivity index (χ3n) is 4.21. The number of benzene rings is 1. The topological polar surface area (TPSA) is 67.4 Å². The average Bonchev–Trinajstić information content (AvgIpc) is 2.71. The van der Waals surface area contributed by atoms with Gasteiger partial charge in [0.15, 0.2) is 24.1 Å². The van der Waals surface area contributed by atoms with Gasteiger partial charge in [-0.3, -0.25) is 4.90 Å². The Hall–Kier alpha value is -1.47. The first-order chi connectivity index (χ1) is 13.9. The molecule has 172 valence electrons. The van der Waals surface area contributed by atoms with Crippen LogP contribution in [0.1, 0.15) is 12.5 Å². The summed E-state index contributed by atoms with van der Waals surface area (Å²) in [5, 5.41) is 6.47. The highest BCUT2D eigenvalue weighted by atomic mass is 127. The van der Waals surface area contributed by atoms with E-state index in [0.717, 1.165) is 51.5 Å². The van der Waals surface area contributed by atoms with Crippen LogP contribution in [-0.4, -0.2) is 76.7 Å². The van der Waals surface area contributed by atoms with Gasteiger partial charge in [0.1, 0.15) is 0 Å². The summed E-state index contributed by atoms with van der Waals surface area (Å²) in [6, 6.07) is 4.77. The average molecular weight is 546 g/mol. The Kier molecular flexibility index (Phi) is 12.2. The molecule has 0 bridgehead atoms. The molecular weight excluding hydrogens is 516 g/mol. The maximum atomic E-state index is 12.4. The molecule has 0 radical (unpaired) electrons. The Morgan fingerprint density at radius 1 is 1.20 bits per heavy atom. The summed E-state index contributed by atoms with van der Waals surface area (Å²) >= 11 is 0. The van der Waals surface area contributed by atoms with Crippen molar-refractivity contribution in [3.8, 4) is 11.5 Å². The number of nitrogens with zero attached hydrogens (tertiary/aromatic N) is 2. The fourth-order valence-electron chi connectivity index (χ4n) is 2.76. The molecule has 1 fully saturated rings. The SMILES string of the molecule is CCNC(=NCc1ccc(OCC(F)(F)F)c(OC)c1)NCCN1CCOCC1.I. The molecule has 1 aromatic rings. The predicted molar refractivity (Wildman–Crippen MR) is 120 cm³/mol. The predicted octanol–water partition coefficient (Wildman–Crippen LogP) is 2.64. The molecule has 11 heteroatoms. The smallest absolute Gasteiger partial charge is 0.422 e. The molecule has 1 aromatic carbocycles. The van der Waals surface area contributed by atoms with Crippen LogP contribution in [0.5, 0.6) is 11.5 Å². The van der Waals surface area contributed by atoms with E-state index in [1.54, 1.807) is 12.1 Å². The van der Waals surface area contributed by atoms with Gasteiger partial charge in [-0.15, -0.1) is 24.0 Å². The Bertz CT molecular complexity index is 656. The lowest BCUT2D eigenvalue weighted by molar-refractivity contribution is -0.153. The van der Waals surface area contributed by atoms with E-state index in [9.17, 15) is 13.2 Å². The lowest BCUT2D eigenvalue weighted by Crippen LogP contribution is -2.44. The van der Waals surface area contributed by atoms with Gasteiger partial charge >= 0.3 is 6.18 Å². The number of alkyl halides is 3. The molecular formula is C19H30F3IN4O3. The zero-order valence-corrected chi connectivity index (χ0v) is 19.6. The molecule has 0 unspecified atom stereocenters. The van der Waals surface area contributed by atoms with Crippen molar-refractivity contribution in [3.63, 3.8) is 0 Å². The fraction of sp³-hybridized carbons (Fsp3) is 0.632. The Morgan fingerprint density at radius 3 is 2.57 bits per heavy atom. The molecule has 0 saturated carbocycles. The molecule has 0 atom stereocenters. The number of guanidine groups is 1. The zero-order valence-electron chi connectivity index (χ0n) is 17.3. The molecule has 0 spiro atoms. The summed E-state index contributed by atoms with van der Waals surface area (Å²) < 4.78 is 52.3. The molecule has 1 saturated heterocycles. The van der Waals surface area contributed by atoms with Gasteiger partial charge in [0.05, 0.1) is 26.9 Å². The van der Waals surface area contributed by atoms with Crippen molar-refractivity contribution < 1.29 is 27.4 Å². The number of ether oxygens (including phenoxy) is 3. The number of hydrogen-bond acceptors (Lipinski definition) is 5. The van der Waals surface area contributed by atoms with Gasteiger partial charge in [0.2, 0.25) is 0 Å². The number of aliphatic imine (C=N–C) groups is 1. The highest BCUT2D eigenvalue weighted by Gasteiger charge is 2.29. The van der Waals surface area contributed by atoms with Crippen LogP contribution in [0.25, 0.3) is 0 Å². The minimum atomic E-state index is -4.40. The van der Waals surface area contributed by atoms with Gasteiger partial charge in [-0.2, -0.15) is 13.2 Å². The minimum Gasteiger partial charge on any atom is -0.493 e. The van der Waals surface area contributed by atoms with Crippen LogP contribution in [0, 0.1) is 0 Å². The molecule has 2 N–H and O–H groups in total. The molecule has 30 heavy (non-hydrogen) atoms. The van der Waals surface area contributed by atoms with E-state index >= 15 is 0 Å². The Morgan fingerprint density at radius 2 is 1.93 bits per heavy atom. The van der Waals surface area contributed by atoms with E-state index in [0.29, 0.717) is 12.5 Å². The van der Waals surface area contributed by atoms with Crippen molar-refractivity contribution >= 4 is 29.9 Å². The van der Waals surface area contributed by atoms with Crippen LogP contribution in [0.15, 0.2) is 23.2 Å². The summed E-state index contributed by atoms with van der Waals surface area (Å²) in [5.74, 6) is 0.970. The van der Waals surface area contributed by atoms with Gasteiger partial charge in [-0.25, -0.2) is 4.99 Å². The van der Waals surface area contributed by atoms with E-state index in [1.165, 1.54) is 13.2 Å². The summed E-state index contributed by atoms with van der Waals surface area (Å²) in [4.78, 5) is 6.86. The van der Waals surface area contributed by atoms with Crippen molar-refractivity contribution in [1.82, 2.24) is 15.5 Å². The maximum Gasteiger partial charge on any atom is 0.422 e. The summed E-state index contributed by atoms with van der Waals surface area (Å²) in [6.07, 6.45) is -4.40. The van der Waals surface area contributed by atoms with Crippen molar-refractivity contribution in [2.45, 2.75) is 19.6 Å². The molecule has 0 aliphatic carbocycles. The first-order valence-corrected chi connectivity index (χ1v) is 9.60. The van der Waals surface area contributed by atoms with Crippen LogP contribution < -0.4 is 20.1 Å². The number of morpholine rings is 1. The number of hydrogen-bond donors (Lipinski definition) is 2. The molecule has 1 heterocycles. The molecule has 2 rings (SSSR count). The monoisotopic (exact) mass is 546 g/mol. The lowest BCUT2D eigenvalue weighted by atomic mass is 10.2. The fourth-order valence-corrected chi connectivity index (χ4v) is 2.76.